The molecule has 1 heterocycles. The lowest BCUT2D eigenvalue weighted by atomic mass is 10.0. The van der Waals surface area contributed by atoms with Crippen LogP contribution in [0.5, 0.6) is 5.75 Å². The molecule has 136 valence electrons. The summed E-state index contributed by atoms with van der Waals surface area (Å²) in [5, 5.41) is 1.09. The van der Waals surface area contributed by atoms with Crippen LogP contribution in [0.4, 0.5) is 5.69 Å². The van der Waals surface area contributed by atoms with Crippen LogP contribution < -0.4 is 4.74 Å². The molecule has 26 heavy (non-hydrogen) atoms. The van der Waals surface area contributed by atoms with Crippen LogP contribution in [0.3, 0.4) is 0 Å². The first-order chi connectivity index (χ1) is 12.4. The number of amidine groups is 1. The molecule has 1 aliphatic heterocycles. The quantitative estimate of drug-likeness (QED) is 0.648. The van der Waals surface area contributed by atoms with Crippen LogP contribution in [-0.4, -0.2) is 36.7 Å². The van der Waals surface area contributed by atoms with E-state index in [-0.39, 0.29) is 12.4 Å². The van der Waals surface area contributed by atoms with E-state index in [9.17, 15) is 4.79 Å². The average Bonchev–Trinajstić information content (AvgIpc) is 3.02. The van der Waals surface area contributed by atoms with E-state index in [2.05, 4.69) is 9.89 Å². The molecule has 0 bridgehead atoms. The maximum Gasteiger partial charge on any atom is 0.200 e. The summed E-state index contributed by atoms with van der Waals surface area (Å²) in [4.78, 5) is 19.3. The Morgan fingerprint density at radius 2 is 1.96 bits per heavy atom. The van der Waals surface area contributed by atoms with Crippen molar-refractivity contribution in [3.63, 3.8) is 0 Å². The second kappa shape index (κ2) is 8.11. The van der Waals surface area contributed by atoms with E-state index in [1.54, 1.807) is 30.3 Å². The topological polar surface area (TPSA) is 41.9 Å². The molecule has 0 N–H and O–H groups in total. The van der Waals surface area contributed by atoms with Crippen LogP contribution in [0.2, 0.25) is 10.0 Å². The van der Waals surface area contributed by atoms with Crippen molar-refractivity contribution < 1.29 is 9.53 Å². The van der Waals surface area contributed by atoms with Gasteiger partial charge in [0.25, 0.3) is 0 Å². The Balaban J connectivity index is 1.74. The van der Waals surface area contributed by atoms with Gasteiger partial charge in [-0.25, -0.2) is 4.99 Å². The normalized spacial score (nSPS) is 15.5. The lowest BCUT2D eigenvalue weighted by Gasteiger charge is -2.13. The molecule has 1 fully saturated rings. The van der Waals surface area contributed by atoms with Crippen molar-refractivity contribution in [1.29, 1.82) is 0 Å². The van der Waals surface area contributed by atoms with Gasteiger partial charge in [0, 0.05) is 30.6 Å². The number of Topliss-reactive ketones (excluding diaryl/α,β-unsaturated/α-hetero) is 1. The number of carbonyl (C=O) groups is 1. The van der Waals surface area contributed by atoms with Gasteiger partial charge in [-0.3, -0.25) is 4.79 Å². The molecule has 1 aliphatic rings. The maximum absolute atomic E-state index is 12.5. The molecule has 0 saturated carbocycles. The number of hydrogen-bond donors (Lipinski definition) is 0. The summed E-state index contributed by atoms with van der Waals surface area (Å²) in [7, 11) is 2.03. The van der Waals surface area contributed by atoms with E-state index in [4.69, 9.17) is 27.9 Å². The van der Waals surface area contributed by atoms with Gasteiger partial charge in [0.15, 0.2) is 6.61 Å². The minimum atomic E-state index is -0.128. The van der Waals surface area contributed by atoms with Crippen molar-refractivity contribution in [1.82, 2.24) is 4.90 Å². The molecule has 2 aromatic rings. The highest BCUT2D eigenvalue weighted by Gasteiger charge is 2.17. The zero-order chi connectivity index (χ0) is 18.7. The molecule has 0 atom stereocenters. The summed E-state index contributed by atoms with van der Waals surface area (Å²) < 4.78 is 5.54. The fourth-order valence-corrected chi connectivity index (χ4v) is 3.22. The smallest absolute Gasteiger partial charge is 0.200 e. The molecular weight excluding hydrogens is 371 g/mol. The predicted molar refractivity (Wildman–Crippen MR) is 106 cm³/mol. The molecule has 0 unspecified atom stereocenters. The summed E-state index contributed by atoms with van der Waals surface area (Å²) in [5.41, 5.74) is 2.08. The van der Waals surface area contributed by atoms with Gasteiger partial charge in [-0.2, -0.15) is 0 Å². The van der Waals surface area contributed by atoms with Crippen LogP contribution in [0.15, 0.2) is 41.4 Å². The molecule has 4 nitrogen and oxygen atoms in total. The number of aliphatic imine (C=N–C) groups is 1. The van der Waals surface area contributed by atoms with Crippen LogP contribution in [0.25, 0.3) is 0 Å². The SMILES string of the molecule is Cc1cc(/N=C2\CCCN2C)c(Cl)cc1C(=O)COc1ccc(Cl)cc1. The van der Waals surface area contributed by atoms with E-state index in [1.807, 2.05) is 20.0 Å². The van der Waals surface area contributed by atoms with Gasteiger partial charge in [0.2, 0.25) is 5.78 Å². The summed E-state index contributed by atoms with van der Waals surface area (Å²) >= 11 is 12.2. The highest BCUT2D eigenvalue weighted by Crippen LogP contribution is 2.30. The van der Waals surface area contributed by atoms with Crippen LogP contribution in [-0.2, 0) is 0 Å². The Kier molecular flexibility index (Phi) is 5.84. The van der Waals surface area contributed by atoms with E-state index >= 15 is 0 Å². The van der Waals surface area contributed by atoms with Crippen molar-refractivity contribution in [2.75, 3.05) is 20.2 Å². The lowest BCUT2D eigenvalue weighted by Crippen LogP contribution is -2.18. The average molecular weight is 391 g/mol. The van der Waals surface area contributed by atoms with Crippen LogP contribution in [0, 0.1) is 6.92 Å². The standard InChI is InChI=1S/C20H20Cl2N2O2/c1-13-10-18(23-20-4-3-9-24(20)2)17(22)11-16(13)19(25)12-26-15-7-5-14(21)6-8-15/h5-8,10-11H,3-4,9,12H2,1-2H3/b23-20+. The number of halogens is 2. The molecular formula is C20H20Cl2N2O2. The summed E-state index contributed by atoms with van der Waals surface area (Å²) in [6.45, 7) is 2.83. The summed E-state index contributed by atoms with van der Waals surface area (Å²) in [6, 6.07) is 10.4. The van der Waals surface area contributed by atoms with Crippen molar-refractivity contribution in [2.24, 2.45) is 4.99 Å². The van der Waals surface area contributed by atoms with Gasteiger partial charge < -0.3 is 9.64 Å². The molecule has 0 radical (unpaired) electrons. The lowest BCUT2D eigenvalue weighted by molar-refractivity contribution is 0.0921. The molecule has 0 spiro atoms. The van der Waals surface area contributed by atoms with E-state index in [0.717, 1.165) is 30.8 Å². The first kappa shape index (κ1) is 18.7. The summed E-state index contributed by atoms with van der Waals surface area (Å²) in [6.07, 6.45) is 2.05. The first-order valence-electron chi connectivity index (χ1n) is 8.44. The van der Waals surface area contributed by atoms with Gasteiger partial charge >= 0.3 is 0 Å². The fourth-order valence-electron chi connectivity index (χ4n) is 2.88. The molecule has 2 aromatic carbocycles. The maximum atomic E-state index is 12.5. The van der Waals surface area contributed by atoms with Crippen LogP contribution >= 0.6 is 23.2 Å². The Morgan fingerprint density at radius 1 is 1.23 bits per heavy atom. The number of benzene rings is 2. The second-order valence-corrected chi connectivity index (χ2v) is 7.18. The third-order valence-electron chi connectivity index (χ3n) is 4.36. The summed E-state index contributed by atoms with van der Waals surface area (Å²) in [5.74, 6) is 1.49. The number of hydrogen-bond acceptors (Lipinski definition) is 3. The van der Waals surface area contributed by atoms with Gasteiger partial charge in [-0.1, -0.05) is 23.2 Å². The number of ether oxygens (including phenoxy) is 1. The number of nitrogens with zero attached hydrogens (tertiary/aromatic N) is 2. The Hall–Kier alpha value is -2.04. The van der Waals surface area contributed by atoms with E-state index in [1.165, 1.54) is 0 Å². The zero-order valence-electron chi connectivity index (χ0n) is 14.8. The number of likely N-dealkylation sites (tertiary alicyclic amines) is 1. The third kappa shape index (κ3) is 4.37. The highest BCUT2D eigenvalue weighted by molar-refractivity contribution is 6.33. The Labute approximate surface area is 163 Å². The number of aryl methyl sites for hydroxylation is 1. The largest absolute Gasteiger partial charge is 0.485 e. The Morgan fingerprint density at radius 3 is 2.62 bits per heavy atom. The van der Waals surface area contributed by atoms with Gasteiger partial charge in [0.1, 0.15) is 11.6 Å². The van der Waals surface area contributed by atoms with Crippen molar-refractivity contribution in [3.8, 4) is 5.75 Å². The number of rotatable bonds is 5. The molecule has 0 aliphatic carbocycles. The van der Waals surface area contributed by atoms with Gasteiger partial charge in [0.05, 0.1) is 10.7 Å². The minimum absolute atomic E-state index is 0.0601. The monoisotopic (exact) mass is 390 g/mol. The first-order valence-corrected chi connectivity index (χ1v) is 9.20. The van der Waals surface area contributed by atoms with E-state index in [0.29, 0.717) is 27.0 Å². The minimum Gasteiger partial charge on any atom is -0.485 e. The fraction of sp³-hybridized carbons (Fsp3) is 0.300. The number of ketones is 1. The van der Waals surface area contributed by atoms with Gasteiger partial charge in [-0.15, -0.1) is 0 Å². The molecule has 6 heteroatoms. The van der Waals surface area contributed by atoms with Crippen LogP contribution in [0.1, 0.15) is 28.8 Å². The van der Waals surface area contributed by atoms with E-state index < -0.39 is 0 Å². The van der Waals surface area contributed by atoms with Crippen molar-refractivity contribution in [3.05, 3.63) is 57.6 Å². The molecule has 0 amide bonds. The highest BCUT2D eigenvalue weighted by atomic mass is 35.5. The van der Waals surface area contributed by atoms with Crippen molar-refractivity contribution >= 4 is 40.5 Å². The molecule has 3 rings (SSSR count). The van der Waals surface area contributed by atoms with Gasteiger partial charge in [-0.05, 0) is 55.3 Å². The van der Waals surface area contributed by atoms with Crippen molar-refractivity contribution in [2.45, 2.75) is 19.8 Å². The predicted octanol–water partition coefficient (Wildman–Crippen LogP) is 5.32. The third-order valence-corrected chi connectivity index (χ3v) is 4.92. The molecule has 0 aromatic heterocycles. The molecule has 1 saturated heterocycles. The number of carbonyl (C=O) groups excluding carboxylic acids is 1. The zero-order valence-corrected chi connectivity index (χ0v) is 16.3. The second-order valence-electron chi connectivity index (χ2n) is 6.34. The Bertz CT molecular complexity index is 848.